The van der Waals surface area contributed by atoms with Gasteiger partial charge in [-0.05, 0) is 50.9 Å². The molecule has 104 valence electrons. The van der Waals surface area contributed by atoms with Gasteiger partial charge in [-0.1, -0.05) is 19.1 Å². The summed E-state index contributed by atoms with van der Waals surface area (Å²) in [7, 11) is 3.70. The van der Waals surface area contributed by atoms with Crippen LogP contribution in [0.5, 0.6) is 5.75 Å². The zero-order valence-electron chi connectivity index (χ0n) is 12.7. The molecule has 0 heterocycles. The molecule has 0 aliphatic rings. The summed E-state index contributed by atoms with van der Waals surface area (Å²) in [6.45, 7) is 6.89. The van der Waals surface area contributed by atoms with Gasteiger partial charge in [0.1, 0.15) is 11.3 Å². The number of likely N-dealkylation sites (N-methyl/N-ethyl adjacent to an activating group) is 1. The van der Waals surface area contributed by atoms with E-state index in [1.807, 2.05) is 27.0 Å². The van der Waals surface area contributed by atoms with Crippen LogP contribution >= 0.6 is 0 Å². The van der Waals surface area contributed by atoms with Crippen molar-refractivity contribution in [3.63, 3.8) is 0 Å². The maximum Gasteiger partial charge on any atom is 0.122 e. The Morgan fingerprint density at radius 1 is 1.37 bits per heavy atom. The zero-order valence-corrected chi connectivity index (χ0v) is 12.7. The van der Waals surface area contributed by atoms with Crippen LogP contribution in [0.3, 0.4) is 0 Å². The number of rotatable bonds is 6. The third-order valence-corrected chi connectivity index (χ3v) is 3.69. The maximum absolute atomic E-state index is 9.10. The summed E-state index contributed by atoms with van der Waals surface area (Å²) in [6, 6.07) is 8.66. The molecular formula is C16H24N2O. The second kappa shape index (κ2) is 6.58. The lowest BCUT2D eigenvalue weighted by Gasteiger charge is -2.28. The van der Waals surface area contributed by atoms with E-state index in [2.05, 4.69) is 30.0 Å². The summed E-state index contributed by atoms with van der Waals surface area (Å²) in [6.07, 6.45) is 1.91. The van der Waals surface area contributed by atoms with Gasteiger partial charge in [0.2, 0.25) is 0 Å². The van der Waals surface area contributed by atoms with Crippen LogP contribution in [-0.4, -0.2) is 31.1 Å². The highest BCUT2D eigenvalue weighted by atomic mass is 16.5. The summed E-state index contributed by atoms with van der Waals surface area (Å²) in [4.78, 5) is 2.09. The average molecular weight is 260 g/mol. The number of nitrogens with zero attached hydrogens (tertiary/aromatic N) is 2. The monoisotopic (exact) mass is 260 g/mol. The molecule has 0 atom stereocenters. The van der Waals surface area contributed by atoms with Gasteiger partial charge >= 0.3 is 0 Å². The molecule has 0 spiro atoms. The molecule has 1 rings (SSSR count). The fraction of sp³-hybridized carbons (Fsp3) is 0.562. The van der Waals surface area contributed by atoms with Gasteiger partial charge in [-0.15, -0.1) is 0 Å². The SMILES string of the molecule is CCc1cc(CCN(C)C(C)(C)C#N)ccc1OC. The van der Waals surface area contributed by atoms with Crippen LogP contribution in [0.1, 0.15) is 31.9 Å². The highest BCUT2D eigenvalue weighted by molar-refractivity contribution is 5.37. The molecule has 0 fully saturated rings. The van der Waals surface area contributed by atoms with E-state index in [1.165, 1.54) is 11.1 Å². The van der Waals surface area contributed by atoms with Crippen molar-refractivity contribution in [1.82, 2.24) is 4.90 Å². The number of methoxy groups -OCH3 is 1. The summed E-state index contributed by atoms with van der Waals surface area (Å²) in [5.74, 6) is 0.956. The molecule has 0 unspecified atom stereocenters. The largest absolute Gasteiger partial charge is 0.496 e. The number of ether oxygens (including phenoxy) is 1. The molecule has 3 heteroatoms. The first-order chi connectivity index (χ1) is 8.94. The molecular weight excluding hydrogens is 236 g/mol. The van der Waals surface area contributed by atoms with Crippen molar-refractivity contribution in [2.24, 2.45) is 0 Å². The van der Waals surface area contributed by atoms with Gasteiger partial charge in [0.25, 0.3) is 0 Å². The molecule has 3 nitrogen and oxygen atoms in total. The Bertz CT molecular complexity index is 460. The van der Waals surface area contributed by atoms with Gasteiger partial charge in [0, 0.05) is 6.54 Å². The number of aryl methyl sites for hydroxylation is 1. The summed E-state index contributed by atoms with van der Waals surface area (Å²) >= 11 is 0. The lowest BCUT2D eigenvalue weighted by molar-refractivity contribution is 0.214. The molecule has 0 saturated heterocycles. The van der Waals surface area contributed by atoms with Crippen molar-refractivity contribution in [1.29, 1.82) is 5.26 Å². The summed E-state index contributed by atoms with van der Waals surface area (Å²) in [5, 5.41) is 9.10. The molecule has 19 heavy (non-hydrogen) atoms. The highest BCUT2D eigenvalue weighted by Gasteiger charge is 2.22. The molecule has 0 aliphatic heterocycles. The third-order valence-electron chi connectivity index (χ3n) is 3.69. The molecule has 0 N–H and O–H groups in total. The maximum atomic E-state index is 9.10. The first kappa shape index (κ1) is 15.5. The van der Waals surface area contributed by atoms with E-state index in [4.69, 9.17) is 10.00 Å². The predicted molar refractivity (Wildman–Crippen MR) is 78.4 cm³/mol. The van der Waals surface area contributed by atoms with Gasteiger partial charge in [0.15, 0.2) is 0 Å². The summed E-state index contributed by atoms with van der Waals surface area (Å²) in [5.41, 5.74) is 2.11. The van der Waals surface area contributed by atoms with Crippen LogP contribution in [0, 0.1) is 11.3 Å². The van der Waals surface area contributed by atoms with Crippen molar-refractivity contribution in [2.45, 2.75) is 39.2 Å². The predicted octanol–water partition coefficient (Wildman–Crippen LogP) is 3.03. The standard InChI is InChI=1S/C16H24N2O/c1-6-14-11-13(7-8-15(14)19-5)9-10-18(4)16(2,3)12-17/h7-8,11H,6,9-10H2,1-5H3. The van der Waals surface area contributed by atoms with Crippen molar-refractivity contribution < 1.29 is 4.74 Å². The number of benzene rings is 1. The molecule has 0 radical (unpaired) electrons. The second-order valence-electron chi connectivity index (χ2n) is 5.34. The zero-order chi connectivity index (χ0) is 14.5. The van der Waals surface area contributed by atoms with Gasteiger partial charge in [-0.3, -0.25) is 4.90 Å². The normalized spacial score (nSPS) is 11.4. The Hall–Kier alpha value is -1.53. The van der Waals surface area contributed by atoms with E-state index >= 15 is 0 Å². The van der Waals surface area contributed by atoms with E-state index in [-0.39, 0.29) is 0 Å². The van der Waals surface area contributed by atoms with Crippen LogP contribution < -0.4 is 4.74 Å². The molecule has 0 aromatic heterocycles. The van der Waals surface area contributed by atoms with E-state index in [9.17, 15) is 0 Å². The highest BCUT2D eigenvalue weighted by Crippen LogP contribution is 2.21. The Morgan fingerprint density at radius 3 is 2.58 bits per heavy atom. The molecule has 1 aromatic rings. The van der Waals surface area contributed by atoms with E-state index in [0.717, 1.165) is 25.1 Å². The van der Waals surface area contributed by atoms with Crippen molar-refractivity contribution in [3.05, 3.63) is 29.3 Å². The smallest absolute Gasteiger partial charge is 0.122 e. The minimum absolute atomic E-state index is 0.417. The van der Waals surface area contributed by atoms with Crippen LogP contribution in [0.2, 0.25) is 0 Å². The van der Waals surface area contributed by atoms with Crippen LogP contribution in [0.25, 0.3) is 0 Å². The number of hydrogen-bond donors (Lipinski definition) is 0. The number of hydrogen-bond acceptors (Lipinski definition) is 3. The molecule has 0 bridgehead atoms. The summed E-state index contributed by atoms with van der Waals surface area (Å²) < 4.78 is 5.33. The number of nitriles is 1. The van der Waals surface area contributed by atoms with Crippen LogP contribution in [-0.2, 0) is 12.8 Å². The van der Waals surface area contributed by atoms with E-state index in [0.29, 0.717) is 0 Å². The van der Waals surface area contributed by atoms with Crippen molar-refractivity contribution in [2.75, 3.05) is 20.7 Å². The van der Waals surface area contributed by atoms with E-state index in [1.54, 1.807) is 7.11 Å². The first-order valence-electron chi connectivity index (χ1n) is 6.73. The third kappa shape index (κ3) is 3.97. The quantitative estimate of drug-likeness (QED) is 0.789. The lowest BCUT2D eigenvalue weighted by atomic mass is 10.0. The minimum Gasteiger partial charge on any atom is -0.496 e. The Kier molecular flexibility index (Phi) is 5.38. The van der Waals surface area contributed by atoms with Gasteiger partial charge < -0.3 is 4.74 Å². The van der Waals surface area contributed by atoms with Crippen molar-refractivity contribution in [3.8, 4) is 11.8 Å². The fourth-order valence-corrected chi connectivity index (χ4v) is 1.93. The molecule has 0 saturated carbocycles. The second-order valence-corrected chi connectivity index (χ2v) is 5.34. The molecule has 0 amide bonds. The minimum atomic E-state index is -0.417. The Morgan fingerprint density at radius 2 is 2.05 bits per heavy atom. The van der Waals surface area contributed by atoms with E-state index < -0.39 is 5.54 Å². The average Bonchev–Trinajstić information content (AvgIpc) is 2.44. The lowest BCUT2D eigenvalue weighted by Crippen LogP contribution is -2.40. The van der Waals surface area contributed by atoms with Crippen molar-refractivity contribution >= 4 is 0 Å². The Labute approximate surface area is 116 Å². The topological polar surface area (TPSA) is 36.3 Å². The van der Waals surface area contributed by atoms with Gasteiger partial charge in [-0.2, -0.15) is 5.26 Å². The van der Waals surface area contributed by atoms with Crippen LogP contribution in [0.15, 0.2) is 18.2 Å². The van der Waals surface area contributed by atoms with Gasteiger partial charge in [0.05, 0.1) is 13.2 Å². The fourth-order valence-electron chi connectivity index (χ4n) is 1.93. The Balaban J connectivity index is 2.72. The van der Waals surface area contributed by atoms with Gasteiger partial charge in [-0.25, -0.2) is 0 Å². The molecule has 1 aromatic carbocycles. The molecule has 0 aliphatic carbocycles. The first-order valence-corrected chi connectivity index (χ1v) is 6.73. The van der Waals surface area contributed by atoms with Crippen LogP contribution in [0.4, 0.5) is 0 Å².